The minimum atomic E-state index is -0.958. The highest BCUT2D eigenvalue weighted by Gasteiger charge is 2.31. The number of aliphatic hydroxyl groups excluding tert-OH is 1. The molecule has 2 heterocycles. The van der Waals surface area contributed by atoms with Crippen LogP contribution in [0.15, 0.2) is 40.3 Å². The molecular formula is C15H21BO4. The smallest absolute Gasteiger partial charge is 0.461 e. The van der Waals surface area contributed by atoms with E-state index in [1.807, 2.05) is 6.08 Å². The molecule has 0 spiro atoms. The number of rotatable bonds is 6. The molecule has 2 N–H and O–H groups in total. The van der Waals surface area contributed by atoms with E-state index in [-0.39, 0.29) is 12.7 Å². The number of aliphatic hydroxyl groups is 1. The predicted octanol–water partition coefficient (Wildman–Crippen LogP) is 2.93. The Kier molecular flexibility index (Phi) is 5.23. The average Bonchev–Trinajstić information content (AvgIpc) is 2.93. The van der Waals surface area contributed by atoms with Gasteiger partial charge in [0.1, 0.15) is 24.2 Å². The molecule has 20 heavy (non-hydrogen) atoms. The maximum atomic E-state index is 10.1. The second-order valence-electron chi connectivity index (χ2n) is 5.04. The molecule has 1 aromatic heterocycles. The van der Waals surface area contributed by atoms with E-state index in [4.69, 9.17) is 14.2 Å². The molecule has 0 amide bonds. The van der Waals surface area contributed by atoms with Crippen LogP contribution in [0.1, 0.15) is 50.2 Å². The van der Waals surface area contributed by atoms with Gasteiger partial charge in [-0.25, -0.2) is 0 Å². The maximum absolute atomic E-state index is 10.1. The van der Waals surface area contributed by atoms with Gasteiger partial charge >= 0.3 is 7.12 Å². The summed E-state index contributed by atoms with van der Waals surface area (Å²) in [5.41, 5.74) is 1.72. The number of hydrogen-bond acceptors (Lipinski definition) is 4. The molecule has 0 saturated heterocycles. The molecule has 5 heteroatoms. The molecule has 0 bridgehead atoms. The van der Waals surface area contributed by atoms with E-state index in [1.54, 1.807) is 12.1 Å². The van der Waals surface area contributed by atoms with Crippen molar-refractivity contribution < 1.29 is 19.2 Å². The number of hydrogen-bond donors (Lipinski definition) is 2. The van der Waals surface area contributed by atoms with Gasteiger partial charge in [0.05, 0.1) is 0 Å². The quantitative estimate of drug-likeness (QED) is 0.784. The van der Waals surface area contributed by atoms with Gasteiger partial charge in [0.25, 0.3) is 0 Å². The molecule has 0 fully saturated rings. The summed E-state index contributed by atoms with van der Waals surface area (Å²) in [4.78, 5) is 0. The van der Waals surface area contributed by atoms with Crippen molar-refractivity contribution in [2.24, 2.45) is 0 Å². The second kappa shape index (κ2) is 6.93. The van der Waals surface area contributed by atoms with E-state index in [0.29, 0.717) is 17.9 Å². The van der Waals surface area contributed by atoms with E-state index in [2.05, 4.69) is 13.5 Å². The van der Waals surface area contributed by atoms with Gasteiger partial charge in [-0.3, -0.25) is 0 Å². The third-order valence-corrected chi connectivity index (χ3v) is 3.51. The van der Waals surface area contributed by atoms with Crippen LogP contribution in [0, 0.1) is 0 Å². The van der Waals surface area contributed by atoms with Crippen molar-refractivity contribution in [1.29, 1.82) is 0 Å². The molecule has 2 rings (SSSR count). The van der Waals surface area contributed by atoms with E-state index in [9.17, 15) is 5.02 Å². The van der Waals surface area contributed by atoms with Crippen LogP contribution in [-0.4, -0.2) is 17.2 Å². The molecule has 1 aliphatic rings. The molecule has 1 aliphatic heterocycles. The van der Waals surface area contributed by atoms with Gasteiger partial charge in [0.15, 0.2) is 0 Å². The Hall–Kier alpha value is -1.30. The predicted molar refractivity (Wildman–Crippen MR) is 77.8 cm³/mol. The highest BCUT2D eigenvalue weighted by Crippen LogP contribution is 2.32. The van der Waals surface area contributed by atoms with Gasteiger partial charge in [-0.05, 0) is 36.9 Å². The normalized spacial score (nSPS) is 19.1. The summed E-state index contributed by atoms with van der Waals surface area (Å²) in [5, 5.41) is 19.1. The minimum Gasteiger partial charge on any atom is -0.461 e. The number of unbranched alkanes of at least 4 members (excludes halogenated alkanes) is 1. The molecule has 1 aromatic rings. The number of furan rings is 1. The van der Waals surface area contributed by atoms with Gasteiger partial charge < -0.3 is 19.2 Å². The summed E-state index contributed by atoms with van der Waals surface area (Å²) in [7, 11) is -0.958. The van der Waals surface area contributed by atoms with Crippen molar-refractivity contribution in [3.63, 3.8) is 0 Å². The monoisotopic (exact) mass is 276 g/mol. The minimum absolute atomic E-state index is 0.135. The lowest BCUT2D eigenvalue weighted by molar-refractivity contribution is 0.138. The van der Waals surface area contributed by atoms with Crippen molar-refractivity contribution in [2.45, 2.75) is 45.3 Å². The van der Waals surface area contributed by atoms with Crippen LogP contribution >= 0.6 is 0 Å². The SMILES string of the molecule is C=C(CCCC)C1=CC[C@@H](c2ccc(CO)o2)OB1O. The molecule has 0 saturated carbocycles. The molecular weight excluding hydrogens is 255 g/mol. The zero-order chi connectivity index (χ0) is 14.5. The van der Waals surface area contributed by atoms with E-state index in [1.165, 1.54) is 0 Å². The fraction of sp³-hybridized carbons (Fsp3) is 0.467. The summed E-state index contributed by atoms with van der Waals surface area (Å²) >= 11 is 0. The van der Waals surface area contributed by atoms with Crippen molar-refractivity contribution in [3.05, 3.63) is 47.4 Å². The second-order valence-corrected chi connectivity index (χ2v) is 5.04. The summed E-state index contributed by atoms with van der Waals surface area (Å²) in [5.74, 6) is 1.13. The Morgan fingerprint density at radius 3 is 2.90 bits per heavy atom. The standard InChI is InChI=1S/C15H21BO4/c1-3-4-5-11(2)13-7-9-15(20-16(13)18)14-8-6-12(10-17)19-14/h6-8,15,17-18H,2-5,9-10H2,1H3/t15-/m0/s1. The molecule has 4 nitrogen and oxygen atoms in total. The summed E-state index contributed by atoms with van der Waals surface area (Å²) in [6.07, 6.45) is 5.33. The Bertz CT molecular complexity index is 492. The highest BCUT2D eigenvalue weighted by molar-refractivity contribution is 6.54. The molecule has 0 radical (unpaired) electrons. The maximum Gasteiger partial charge on any atom is 0.491 e. The summed E-state index contributed by atoms with van der Waals surface area (Å²) in [6, 6.07) is 3.48. The van der Waals surface area contributed by atoms with Crippen molar-refractivity contribution in [2.75, 3.05) is 0 Å². The van der Waals surface area contributed by atoms with Crippen LogP contribution in [0.2, 0.25) is 0 Å². The van der Waals surface area contributed by atoms with Crippen LogP contribution in [0.3, 0.4) is 0 Å². The third-order valence-electron chi connectivity index (χ3n) is 3.51. The molecule has 1 atom stereocenters. The molecule has 0 unspecified atom stereocenters. The zero-order valence-electron chi connectivity index (χ0n) is 11.8. The lowest BCUT2D eigenvalue weighted by Crippen LogP contribution is -2.28. The van der Waals surface area contributed by atoms with Crippen LogP contribution in [0.4, 0.5) is 0 Å². The Morgan fingerprint density at radius 2 is 2.30 bits per heavy atom. The zero-order valence-corrected chi connectivity index (χ0v) is 11.8. The molecule has 0 aromatic carbocycles. The first kappa shape index (κ1) is 15.1. The van der Waals surface area contributed by atoms with Crippen LogP contribution < -0.4 is 0 Å². The molecule has 0 aliphatic carbocycles. The van der Waals surface area contributed by atoms with E-state index >= 15 is 0 Å². The Labute approximate surface area is 119 Å². The summed E-state index contributed by atoms with van der Waals surface area (Å²) in [6.45, 7) is 6.01. The fourth-order valence-electron chi connectivity index (χ4n) is 2.31. The first-order chi connectivity index (χ1) is 9.65. The largest absolute Gasteiger partial charge is 0.491 e. The lowest BCUT2D eigenvalue weighted by atomic mass is 9.70. The first-order valence-electron chi connectivity index (χ1n) is 7.07. The third kappa shape index (κ3) is 3.42. The van der Waals surface area contributed by atoms with Crippen molar-refractivity contribution in [3.8, 4) is 0 Å². The number of allylic oxidation sites excluding steroid dienone is 2. The fourth-order valence-corrected chi connectivity index (χ4v) is 2.31. The van der Waals surface area contributed by atoms with Gasteiger partial charge in [-0.15, -0.1) is 0 Å². The summed E-state index contributed by atoms with van der Waals surface area (Å²) < 4.78 is 11.0. The molecule has 108 valence electrons. The Morgan fingerprint density at radius 1 is 1.50 bits per heavy atom. The van der Waals surface area contributed by atoms with E-state index in [0.717, 1.165) is 30.3 Å². The van der Waals surface area contributed by atoms with Crippen molar-refractivity contribution in [1.82, 2.24) is 0 Å². The average molecular weight is 276 g/mol. The lowest BCUT2D eigenvalue weighted by Gasteiger charge is -2.25. The van der Waals surface area contributed by atoms with Gasteiger partial charge in [-0.1, -0.05) is 31.6 Å². The van der Waals surface area contributed by atoms with Gasteiger partial charge in [0.2, 0.25) is 0 Å². The highest BCUT2D eigenvalue weighted by atomic mass is 16.5. The van der Waals surface area contributed by atoms with Crippen molar-refractivity contribution >= 4 is 7.12 Å². The van der Waals surface area contributed by atoms with Crippen LogP contribution in [-0.2, 0) is 11.3 Å². The van der Waals surface area contributed by atoms with E-state index < -0.39 is 7.12 Å². The van der Waals surface area contributed by atoms with Gasteiger partial charge in [0, 0.05) is 0 Å². The van der Waals surface area contributed by atoms with Crippen LogP contribution in [0.25, 0.3) is 0 Å². The first-order valence-corrected chi connectivity index (χ1v) is 7.07. The van der Waals surface area contributed by atoms with Crippen LogP contribution in [0.5, 0.6) is 0 Å². The Balaban J connectivity index is 2.02. The topological polar surface area (TPSA) is 62.8 Å². The van der Waals surface area contributed by atoms with Gasteiger partial charge in [-0.2, -0.15) is 0 Å².